The summed E-state index contributed by atoms with van der Waals surface area (Å²) in [5, 5.41) is 12.4. The number of rotatable bonds is 2. The monoisotopic (exact) mass is 258 g/mol. The van der Waals surface area contributed by atoms with E-state index in [1.807, 2.05) is 54.7 Å². The Balaban J connectivity index is 2.40. The van der Waals surface area contributed by atoms with E-state index in [1.165, 1.54) is 6.26 Å². The van der Waals surface area contributed by atoms with E-state index in [0.29, 0.717) is 5.57 Å². The van der Waals surface area contributed by atoms with Crippen molar-refractivity contribution in [2.24, 2.45) is 0 Å². The number of hydrogen-bond donors (Lipinski definition) is 1. The van der Waals surface area contributed by atoms with E-state index in [4.69, 9.17) is 14.9 Å². The molecule has 0 fully saturated rings. The molecule has 98 valence electrons. The SMILES string of the molecule is OOOC12/C=C/C=C\C=C\C=C/C=C/C1=CC=CO2. The van der Waals surface area contributed by atoms with Crippen LogP contribution in [0.3, 0.4) is 0 Å². The van der Waals surface area contributed by atoms with Gasteiger partial charge in [0.2, 0.25) is 0 Å². The summed E-state index contributed by atoms with van der Waals surface area (Å²) in [5.41, 5.74) is 0.683. The van der Waals surface area contributed by atoms with Gasteiger partial charge in [-0.3, -0.25) is 0 Å². The molecule has 0 spiro atoms. The summed E-state index contributed by atoms with van der Waals surface area (Å²) in [7, 11) is 0. The van der Waals surface area contributed by atoms with Crippen LogP contribution < -0.4 is 0 Å². The number of hydrogen-bond acceptors (Lipinski definition) is 4. The molecule has 0 radical (unpaired) electrons. The van der Waals surface area contributed by atoms with E-state index >= 15 is 0 Å². The van der Waals surface area contributed by atoms with Crippen LogP contribution in [0.15, 0.2) is 84.7 Å². The molecule has 2 aliphatic rings. The van der Waals surface area contributed by atoms with E-state index in [2.05, 4.69) is 5.04 Å². The van der Waals surface area contributed by atoms with E-state index in [9.17, 15) is 0 Å². The molecule has 1 unspecified atom stereocenters. The van der Waals surface area contributed by atoms with Gasteiger partial charge in [-0.2, -0.15) is 0 Å². The van der Waals surface area contributed by atoms with Crippen LogP contribution in [-0.4, -0.2) is 11.0 Å². The minimum absolute atomic E-state index is 0.683. The topological polar surface area (TPSA) is 47.9 Å². The molecule has 19 heavy (non-hydrogen) atoms. The maximum atomic E-state index is 8.59. The zero-order chi connectivity index (χ0) is 13.4. The number of allylic oxidation sites excluding steroid dienone is 10. The molecule has 1 aliphatic heterocycles. The third-order valence-corrected chi connectivity index (χ3v) is 2.53. The number of fused-ring (bicyclic) bond motifs is 1. The predicted molar refractivity (Wildman–Crippen MR) is 71.5 cm³/mol. The van der Waals surface area contributed by atoms with Gasteiger partial charge in [0.25, 0.3) is 5.79 Å². The van der Waals surface area contributed by atoms with Gasteiger partial charge in [0.05, 0.1) is 6.26 Å². The second-order valence-electron chi connectivity index (χ2n) is 3.77. The molecule has 0 amide bonds. The Bertz CT molecular complexity index is 506. The van der Waals surface area contributed by atoms with Crippen molar-refractivity contribution in [3.05, 3.63) is 84.7 Å². The van der Waals surface area contributed by atoms with Crippen LogP contribution in [0.2, 0.25) is 0 Å². The molecule has 0 aromatic carbocycles. The molecule has 1 heterocycles. The van der Waals surface area contributed by atoms with Crippen LogP contribution >= 0.6 is 0 Å². The molecule has 0 aromatic heterocycles. The van der Waals surface area contributed by atoms with E-state index in [1.54, 1.807) is 18.2 Å². The summed E-state index contributed by atoms with van der Waals surface area (Å²) in [6.07, 6.45) is 23.3. The Morgan fingerprint density at radius 3 is 2.32 bits per heavy atom. The first-order valence-electron chi connectivity index (χ1n) is 5.78. The first kappa shape index (κ1) is 13.3. The largest absolute Gasteiger partial charge is 0.459 e. The van der Waals surface area contributed by atoms with Gasteiger partial charge in [-0.25, -0.2) is 5.26 Å². The Labute approximate surface area is 111 Å². The van der Waals surface area contributed by atoms with Crippen molar-refractivity contribution < 1.29 is 19.9 Å². The highest BCUT2D eigenvalue weighted by molar-refractivity contribution is 5.39. The van der Waals surface area contributed by atoms with Gasteiger partial charge >= 0.3 is 0 Å². The third kappa shape index (κ3) is 3.42. The zero-order valence-electron chi connectivity index (χ0n) is 10.2. The fraction of sp³-hybridized carbons (Fsp3) is 0.0667. The Kier molecular flexibility index (Phi) is 4.69. The second kappa shape index (κ2) is 6.70. The molecular formula is C15H14O4. The van der Waals surface area contributed by atoms with E-state index in [-0.39, 0.29) is 0 Å². The molecule has 1 aliphatic carbocycles. The first-order chi connectivity index (χ1) is 9.37. The van der Waals surface area contributed by atoms with Crippen molar-refractivity contribution >= 4 is 0 Å². The lowest BCUT2D eigenvalue weighted by Crippen LogP contribution is -2.35. The Hall–Kier alpha value is -2.14. The highest BCUT2D eigenvalue weighted by Gasteiger charge is 2.36. The molecule has 4 heteroatoms. The molecule has 4 nitrogen and oxygen atoms in total. The standard InChI is InChI=1S/C15H14O4/c16-19-18-15-12-8-6-4-2-1-3-5-7-10-14(15)11-9-13-17-15/h1-13,16H/b2-1+,5-3-,6-4-,10-7+,12-8+. The molecule has 0 saturated carbocycles. The molecule has 0 aromatic rings. The third-order valence-electron chi connectivity index (χ3n) is 2.53. The normalized spacial score (nSPS) is 33.6. The van der Waals surface area contributed by atoms with Gasteiger partial charge in [0.15, 0.2) is 0 Å². The van der Waals surface area contributed by atoms with Crippen molar-refractivity contribution in [1.82, 2.24) is 0 Å². The van der Waals surface area contributed by atoms with Crippen LogP contribution in [-0.2, 0) is 14.7 Å². The van der Waals surface area contributed by atoms with Crippen molar-refractivity contribution in [2.75, 3.05) is 0 Å². The predicted octanol–water partition coefficient (Wildman–Crippen LogP) is 3.37. The highest BCUT2D eigenvalue weighted by Crippen LogP contribution is 2.30. The van der Waals surface area contributed by atoms with Crippen molar-refractivity contribution in [2.45, 2.75) is 5.79 Å². The van der Waals surface area contributed by atoms with Crippen molar-refractivity contribution in [3.8, 4) is 0 Å². The van der Waals surface area contributed by atoms with Crippen LogP contribution in [0.25, 0.3) is 0 Å². The van der Waals surface area contributed by atoms with Crippen LogP contribution in [0, 0.1) is 0 Å². The first-order valence-corrected chi connectivity index (χ1v) is 5.78. The van der Waals surface area contributed by atoms with E-state index < -0.39 is 5.79 Å². The van der Waals surface area contributed by atoms with Crippen molar-refractivity contribution in [3.63, 3.8) is 0 Å². The van der Waals surface area contributed by atoms with Gasteiger partial charge in [-0.15, -0.1) is 4.89 Å². The van der Waals surface area contributed by atoms with Crippen LogP contribution in [0.4, 0.5) is 0 Å². The maximum absolute atomic E-state index is 8.59. The summed E-state index contributed by atoms with van der Waals surface area (Å²) in [5.74, 6) is -1.30. The van der Waals surface area contributed by atoms with Crippen LogP contribution in [0.1, 0.15) is 0 Å². The average molecular weight is 258 g/mol. The van der Waals surface area contributed by atoms with Crippen molar-refractivity contribution in [1.29, 1.82) is 0 Å². The second-order valence-corrected chi connectivity index (χ2v) is 3.77. The Morgan fingerprint density at radius 2 is 1.58 bits per heavy atom. The molecule has 0 bridgehead atoms. The Morgan fingerprint density at radius 1 is 0.895 bits per heavy atom. The maximum Gasteiger partial charge on any atom is 0.288 e. The van der Waals surface area contributed by atoms with Gasteiger partial charge in [-0.05, 0) is 18.2 Å². The molecule has 1 N–H and O–H groups in total. The lowest BCUT2D eigenvalue weighted by molar-refractivity contribution is -0.537. The summed E-state index contributed by atoms with van der Waals surface area (Å²) < 4.78 is 5.44. The lowest BCUT2D eigenvalue weighted by Gasteiger charge is -2.29. The smallest absolute Gasteiger partial charge is 0.288 e. The quantitative estimate of drug-likeness (QED) is 0.609. The van der Waals surface area contributed by atoms with Gasteiger partial charge in [-0.1, -0.05) is 59.7 Å². The molecular weight excluding hydrogens is 244 g/mol. The molecule has 1 atom stereocenters. The fourth-order valence-electron chi connectivity index (χ4n) is 1.65. The summed E-state index contributed by atoms with van der Waals surface area (Å²) in [4.78, 5) is 4.88. The van der Waals surface area contributed by atoms with Gasteiger partial charge in [0.1, 0.15) is 0 Å². The van der Waals surface area contributed by atoms with E-state index in [0.717, 1.165) is 0 Å². The minimum Gasteiger partial charge on any atom is -0.459 e. The fourth-order valence-corrected chi connectivity index (χ4v) is 1.65. The van der Waals surface area contributed by atoms with Gasteiger partial charge < -0.3 is 4.74 Å². The highest BCUT2D eigenvalue weighted by atomic mass is 17.5. The molecule has 2 rings (SSSR count). The minimum atomic E-state index is -1.30. The zero-order valence-corrected chi connectivity index (χ0v) is 10.2. The summed E-state index contributed by atoms with van der Waals surface area (Å²) in [6.45, 7) is 0. The number of ether oxygens (including phenoxy) is 1. The molecule has 0 saturated heterocycles. The summed E-state index contributed by atoms with van der Waals surface area (Å²) >= 11 is 0. The van der Waals surface area contributed by atoms with Gasteiger partial charge in [0, 0.05) is 5.57 Å². The lowest BCUT2D eigenvalue weighted by atomic mass is 10.0. The van der Waals surface area contributed by atoms with Crippen LogP contribution in [0.5, 0.6) is 0 Å². The summed E-state index contributed by atoms with van der Waals surface area (Å²) in [6, 6.07) is 0. The average Bonchev–Trinajstić information content (AvgIpc) is 2.41.